The number of benzene rings is 3. The summed E-state index contributed by atoms with van der Waals surface area (Å²) in [7, 11) is 1.65. The lowest BCUT2D eigenvalue weighted by Gasteiger charge is -2.50. The minimum Gasteiger partial charge on any atom is -0.492 e. The number of amides is 3. The number of carbonyl (C=O) groups is 3. The Balaban J connectivity index is 1.53. The van der Waals surface area contributed by atoms with Crippen molar-refractivity contribution in [1.82, 2.24) is 15.1 Å². The predicted octanol–water partition coefficient (Wildman–Crippen LogP) is 6.27. The first-order valence-electron chi connectivity index (χ1n) is 14.5. The van der Waals surface area contributed by atoms with Gasteiger partial charge in [0, 0.05) is 12.6 Å². The standard InChI is InChI=1S/C34H43N3O6/c1-23-16-17-25(41-19-18-36(8)30(39)42-32(2,3)4)20-27(23)29(38)35-34(21-37(22-34)31(40)43-33(5,6)7)28-15-11-13-24-12-9-10-14-26(24)28/h9-17,20H,18-19,21-22H2,1-8H3,(H,35,38). The van der Waals surface area contributed by atoms with Gasteiger partial charge in [-0.15, -0.1) is 0 Å². The summed E-state index contributed by atoms with van der Waals surface area (Å²) in [6.07, 6.45) is -0.847. The first-order chi connectivity index (χ1) is 20.1. The molecule has 9 nitrogen and oxygen atoms in total. The molecule has 1 aliphatic rings. The first-order valence-corrected chi connectivity index (χ1v) is 14.5. The largest absolute Gasteiger partial charge is 0.492 e. The van der Waals surface area contributed by atoms with E-state index < -0.39 is 28.9 Å². The van der Waals surface area contributed by atoms with Crippen LogP contribution in [0.4, 0.5) is 9.59 Å². The highest BCUT2D eigenvalue weighted by atomic mass is 16.6. The van der Waals surface area contributed by atoms with Crippen molar-refractivity contribution in [2.75, 3.05) is 33.3 Å². The molecule has 0 spiro atoms. The number of likely N-dealkylation sites (N-methyl/N-ethyl adjacent to an activating group) is 1. The van der Waals surface area contributed by atoms with Gasteiger partial charge in [0.1, 0.15) is 29.1 Å². The lowest BCUT2D eigenvalue weighted by molar-refractivity contribution is -0.0165. The van der Waals surface area contributed by atoms with Crippen LogP contribution in [0.1, 0.15) is 63.0 Å². The Labute approximate surface area is 254 Å². The zero-order chi connectivity index (χ0) is 31.6. The maximum Gasteiger partial charge on any atom is 0.410 e. The van der Waals surface area contributed by atoms with Gasteiger partial charge < -0.3 is 29.3 Å². The van der Waals surface area contributed by atoms with Gasteiger partial charge in [-0.25, -0.2) is 9.59 Å². The topological polar surface area (TPSA) is 97.4 Å². The van der Waals surface area contributed by atoms with Gasteiger partial charge in [-0.1, -0.05) is 48.5 Å². The van der Waals surface area contributed by atoms with Gasteiger partial charge >= 0.3 is 12.2 Å². The normalized spacial score (nSPS) is 14.5. The fourth-order valence-electron chi connectivity index (χ4n) is 4.97. The van der Waals surface area contributed by atoms with Crippen LogP contribution in [0.5, 0.6) is 5.75 Å². The summed E-state index contributed by atoms with van der Waals surface area (Å²) >= 11 is 0. The molecule has 0 aliphatic carbocycles. The average molecular weight is 590 g/mol. The molecule has 3 aromatic carbocycles. The molecule has 0 bridgehead atoms. The van der Waals surface area contributed by atoms with Crippen LogP contribution in [-0.4, -0.2) is 72.4 Å². The van der Waals surface area contributed by atoms with E-state index in [1.807, 2.05) is 97.0 Å². The average Bonchev–Trinajstić information content (AvgIpc) is 2.89. The summed E-state index contributed by atoms with van der Waals surface area (Å²) in [5, 5.41) is 5.33. The van der Waals surface area contributed by atoms with E-state index in [0.29, 0.717) is 17.9 Å². The summed E-state index contributed by atoms with van der Waals surface area (Å²) in [4.78, 5) is 42.1. The number of hydrogen-bond donors (Lipinski definition) is 1. The van der Waals surface area contributed by atoms with Crippen LogP contribution in [0.2, 0.25) is 0 Å². The van der Waals surface area contributed by atoms with Gasteiger partial charge in [0.25, 0.3) is 5.91 Å². The van der Waals surface area contributed by atoms with Crippen LogP contribution in [0.25, 0.3) is 10.8 Å². The van der Waals surface area contributed by atoms with Crippen molar-refractivity contribution >= 4 is 28.9 Å². The highest BCUT2D eigenvalue weighted by molar-refractivity contribution is 5.97. The summed E-state index contributed by atoms with van der Waals surface area (Å²) in [6, 6.07) is 19.4. The molecule has 0 unspecified atom stereocenters. The molecule has 9 heteroatoms. The monoisotopic (exact) mass is 589 g/mol. The SMILES string of the molecule is Cc1ccc(OCCN(C)C(=O)OC(C)(C)C)cc1C(=O)NC1(c2cccc3ccccc23)CN(C(=O)OC(C)(C)C)C1. The van der Waals surface area contributed by atoms with Crippen molar-refractivity contribution in [3.05, 3.63) is 77.4 Å². The Bertz CT molecular complexity index is 1490. The first kappa shape index (κ1) is 31.7. The van der Waals surface area contributed by atoms with Gasteiger partial charge in [0.2, 0.25) is 0 Å². The fourth-order valence-corrected chi connectivity index (χ4v) is 4.97. The highest BCUT2D eigenvalue weighted by Crippen LogP contribution is 2.38. The minimum atomic E-state index is -0.811. The number of nitrogens with zero attached hydrogens (tertiary/aromatic N) is 2. The molecule has 1 aliphatic heterocycles. The van der Waals surface area contributed by atoms with Crippen molar-refractivity contribution in [3.8, 4) is 5.75 Å². The minimum absolute atomic E-state index is 0.227. The molecule has 43 heavy (non-hydrogen) atoms. The van der Waals surface area contributed by atoms with Crippen LogP contribution < -0.4 is 10.1 Å². The molecule has 0 aromatic heterocycles. The molecule has 4 rings (SSSR count). The number of carbonyl (C=O) groups excluding carboxylic acids is 3. The van der Waals surface area contributed by atoms with E-state index in [1.54, 1.807) is 24.1 Å². The highest BCUT2D eigenvalue weighted by Gasteiger charge is 2.49. The molecule has 0 radical (unpaired) electrons. The van der Waals surface area contributed by atoms with Gasteiger partial charge in [-0.2, -0.15) is 0 Å². The van der Waals surface area contributed by atoms with Crippen LogP contribution >= 0.6 is 0 Å². The lowest BCUT2D eigenvalue weighted by atomic mass is 9.79. The Hall–Kier alpha value is -4.27. The molecular weight excluding hydrogens is 546 g/mol. The summed E-state index contributed by atoms with van der Waals surface area (Å²) < 4.78 is 16.9. The molecule has 230 valence electrons. The molecule has 0 atom stereocenters. The second kappa shape index (κ2) is 12.1. The molecule has 1 heterocycles. The van der Waals surface area contributed by atoms with Crippen molar-refractivity contribution in [2.24, 2.45) is 0 Å². The second-order valence-electron chi connectivity index (χ2n) is 13.1. The molecule has 1 N–H and O–H groups in total. The van der Waals surface area contributed by atoms with E-state index in [0.717, 1.165) is 21.9 Å². The molecule has 1 saturated heterocycles. The fraction of sp³-hybridized carbons (Fsp3) is 0.441. The van der Waals surface area contributed by atoms with Crippen molar-refractivity contribution < 1.29 is 28.6 Å². The van der Waals surface area contributed by atoms with E-state index >= 15 is 0 Å². The van der Waals surface area contributed by atoms with Crippen LogP contribution in [0, 0.1) is 6.92 Å². The van der Waals surface area contributed by atoms with Gasteiger partial charge in [0.05, 0.1) is 19.6 Å². The molecular formula is C34H43N3O6. The quantitative estimate of drug-likeness (QED) is 0.349. The van der Waals surface area contributed by atoms with E-state index in [4.69, 9.17) is 14.2 Å². The summed E-state index contributed by atoms with van der Waals surface area (Å²) in [5.41, 5.74) is 0.166. The smallest absolute Gasteiger partial charge is 0.410 e. The Morgan fingerprint density at radius 2 is 1.56 bits per heavy atom. The Kier molecular flexibility index (Phi) is 8.94. The number of likely N-dealkylation sites (tertiary alicyclic amines) is 1. The number of ether oxygens (including phenoxy) is 3. The van der Waals surface area contributed by atoms with E-state index in [9.17, 15) is 14.4 Å². The Morgan fingerprint density at radius 3 is 2.23 bits per heavy atom. The van der Waals surface area contributed by atoms with Crippen molar-refractivity contribution in [2.45, 2.75) is 65.2 Å². The van der Waals surface area contributed by atoms with Crippen LogP contribution in [-0.2, 0) is 15.0 Å². The molecule has 3 aromatic rings. The number of hydrogen-bond acceptors (Lipinski definition) is 6. The maximum absolute atomic E-state index is 13.9. The van der Waals surface area contributed by atoms with Crippen LogP contribution in [0.3, 0.4) is 0 Å². The van der Waals surface area contributed by atoms with Gasteiger partial charge in [-0.05, 0) is 82.5 Å². The summed E-state index contributed by atoms with van der Waals surface area (Å²) in [5.74, 6) is 0.238. The lowest BCUT2D eigenvalue weighted by Crippen LogP contribution is -2.69. The maximum atomic E-state index is 13.9. The van der Waals surface area contributed by atoms with Crippen LogP contribution in [0.15, 0.2) is 60.7 Å². The molecule has 0 saturated carbocycles. The van der Waals surface area contributed by atoms with Gasteiger partial charge in [0.15, 0.2) is 0 Å². The van der Waals surface area contributed by atoms with Gasteiger partial charge in [-0.3, -0.25) is 4.79 Å². The van der Waals surface area contributed by atoms with Crippen molar-refractivity contribution in [3.63, 3.8) is 0 Å². The Morgan fingerprint density at radius 1 is 0.907 bits per heavy atom. The van der Waals surface area contributed by atoms with Crippen molar-refractivity contribution in [1.29, 1.82) is 0 Å². The van der Waals surface area contributed by atoms with E-state index in [-0.39, 0.29) is 25.6 Å². The third-order valence-corrected chi connectivity index (χ3v) is 7.09. The summed E-state index contributed by atoms with van der Waals surface area (Å²) in [6.45, 7) is 13.9. The number of fused-ring (bicyclic) bond motifs is 1. The molecule has 1 fully saturated rings. The zero-order valence-electron chi connectivity index (χ0n) is 26.4. The number of aryl methyl sites for hydroxylation is 1. The zero-order valence-corrected chi connectivity index (χ0v) is 26.4. The number of nitrogens with one attached hydrogen (secondary N) is 1. The third kappa shape index (κ3) is 7.77. The van der Waals surface area contributed by atoms with E-state index in [2.05, 4.69) is 5.32 Å². The predicted molar refractivity (Wildman–Crippen MR) is 166 cm³/mol. The van der Waals surface area contributed by atoms with E-state index in [1.165, 1.54) is 4.90 Å². The second-order valence-corrected chi connectivity index (χ2v) is 13.1. The number of rotatable bonds is 7. The molecule has 3 amide bonds. The third-order valence-electron chi connectivity index (χ3n) is 7.09.